The van der Waals surface area contributed by atoms with Crippen molar-refractivity contribution in [3.63, 3.8) is 0 Å². The second kappa shape index (κ2) is 7.22. The second-order valence-electron chi connectivity index (χ2n) is 5.32. The Morgan fingerprint density at radius 3 is 2.74 bits per heavy atom. The minimum Gasteiger partial charge on any atom is -0.469 e. The molecule has 0 aromatic heterocycles. The number of methoxy groups -OCH3 is 1. The quantitative estimate of drug-likeness (QED) is 0.420. The second-order valence-corrected chi connectivity index (χ2v) is 5.32. The Hall–Kier alpha value is -1.45. The van der Waals surface area contributed by atoms with Crippen LogP contribution in [0.15, 0.2) is 12.7 Å². The molecule has 0 heterocycles. The largest absolute Gasteiger partial charge is 0.469 e. The molecule has 1 aliphatic rings. The van der Waals surface area contributed by atoms with Gasteiger partial charge >= 0.3 is 5.97 Å². The molecule has 1 fully saturated rings. The molecule has 0 aliphatic heterocycles. The van der Waals surface area contributed by atoms with Gasteiger partial charge < -0.3 is 4.74 Å². The Balaban J connectivity index is 2.80. The first-order chi connectivity index (χ1) is 8.99. The monoisotopic (exact) mass is 266 g/mol. The van der Waals surface area contributed by atoms with Gasteiger partial charge in [-0.1, -0.05) is 13.0 Å². The Morgan fingerprint density at radius 2 is 2.16 bits per heavy atom. The van der Waals surface area contributed by atoms with Crippen LogP contribution in [0.4, 0.5) is 0 Å². The molecule has 1 aliphatic carbocycles. The van der Waals surface area contributed by atoms with Crippen molar-refractivity contribution >= 4 is 17.5 Å². The fraction of sp³-hybridized carbons (Fsp3) is 0.667. The van der Waals surface area contributed by atoms with Crippen molar-refractivity contribution in [2.75, 3.05) is 7.11 Å². The van der Waals surface area contributed by atoms with E-state index in [0.717, 1.165) is 6.42 Å². The molecule has 1 rings (SSSR count). The molecular weight excluding hydrogens is 244 g/mol. The van der Waals surface area contributed by atoms with Crippen LogP contribution in [0.2, 0.25) is 0 Å². The van der Waals surface area contributed by atoms with Gasteiger partial charge in [-0.15, -0.1) is 6.58 Å². The van der Waals surface area contributed by atoms with Crippen molar-refractivity contribution < 1.29 is 19.1 Å². The Bertz CT molecular complexity index is 372. The summed E-state index contributed by atoms with van der Waals surface area (Å²) in [4.78, 5) is 35.6. The molecular formula is C15H22O4. The van der Waals surface area contributed by atoms with E-state index >= 15 is 0 Å². The summed E-state index contributed by atoms with van der Waals surface area (Å²) in [6.45, 7) is 5.56. The fourth-order valence-corrected chi connectivity index (χ4v) is 2.81. The van der Waals surface area contributed by atoms with Crippen LogP contribution in [0, 0.1) is 17.8 Å². The van der Waals surface area contributed by atoms with Crippen molar-refractivity contribution in [3.8, 4) is 0 Å². The van der Waals surface area contributed by atoms with Crippen LogP contribution < -0.4 is 0 Å². The number of carbonyl (C=O) groups excluding carboxylic acids is 3. The van der Waals surface area contributed by atoms with Gasteiger partial charge in [0.25, 0.3) is 0 Å². The van der Waals surface area contributed by atoms with Crippen molar-refractivity contribution in [1.29, 1.82) is 0 Å². The van der Waals surface area contributed by atoms with Gasteiger partial charge in [-0.25, -0.2) is 0 Å². The molecule has 0 aromatic carbocycles. The lowest BCUT2D eigenvalue weighted by atomic mass is 9.70. The number of ether oxygens (including phenoxy) is 1. The molecule has 0 N–H and O–H groups in total. The van der Waals surface area contributed by atoms with Crippen LogP contribution in [-0.2, 0) is 19.1 Å². The van der Waals surface area contributed by atoms with Gasteiger partial charge in [0.2, 0.25) is 0 Å². The number of hydrogen-bond donors (Lipinski definition) is 0. The fourth-order valence-electron chi connectivity index (χ4n) is 2.81. The molecule has 0 radical (unpaired) electrons. The molecule has 0 spiro atoms. The number of rotatable bonds is 6. The lowest BCUT2D eigenvalue weighted by Crippen LogP contribution is -2.38. The summed E-state index contributed by atoms with van der Waals surface area (Å²) in [6.07, 6.45) is 3.88. The predicted octanol–water partition coefficient (Wildman–Crippen LogP) is 2.32. The first-order valence-electron chi connectivity index (χ1n) is 6.72. The molecule has 19 heavy (non-hydrogen) atoms. The highest BCUT2D eigenvalue weighted by molar-refractivity contribution is 6.03. The summed E-state index contributed by atoms with van der Waals surface area (Å²) in [5.41, 5.74) is 0. The molecule has 1 saturated carbocycles. The van der Waals surface area contributed by atoms with E-state index < -0.39 is 5.92 Å². The zero-order chi connectivity index (χ0) is 14.4. The highest BCUT2D eigenvalue weighted by Gasteiger charge is 2.40. The number of ketones is 2. The molecule has 106 valence electrons. The Kier molecular flexibility index (Phi) is 5.93. The van der Waals surface area contributed by atoms with Crippen LogP contribution >= 0.6 is 0 Å². The van der Waals surface area contributed by atoms with Gasteiger partial charge in [-0.2, -0.15) is 0 Å². The third kappa shape index (κ3) is 4.30. The summed E-state index contributed by atoms with van der Waals surface area (Å²) in [7, 11) is 1.32. The van der Waals surface area contributed by atoms with E-state index in [9.17, 15) is 14.4 Å². The van der Waals surface area contributed by atoms with Gasteiger partial charge in [0.1, 0.15) is 11.6 Å². The van der Waals surface area contributed by atoms with Crippen LogP contribution in [0.5, 0.6) is 0 Å². The first-order valence-corrected chi connectivity index (χ1v) is 6.72. The number of carbonyl (C=O) groups is 3. The van der Waals surface area contributed by atoms with E-state index in [1.807, 2.05) is 6.92 Å². The van der Waals surface area contributed by atoms with Crippen molar-refractivity contribution in [3.05, 3.63) is 12.7 Å². The standard InChI is InChI=1S/C15H22O4/c1-4-5-6-12(16)15-11(9-14(18)19-3)7-10(2)8-13(15)17/h4,10-11,15H,1,5-9H2,2-3H3/t10-,11+,15?/m1/s1. The third-order valence-electron chi connectivity index (χ3n) is 3.67. The van der Waals surface area contributed by atoms with Crippen LogP contribution in [-0.4, -0.2) is 24.6 Å². The molecule has 0 aromatic rings. The maximum Gasteiger partial charge on any atom is 0.305 e. The van der Waals surface area contributed by atoms with E-state index in [1.54, 1.807) is 6.08 Å². The summed E-state index contributed by atoms with van der Waals surface area (Å²) < 4.78 is 4.65. The number of esters is 1. The molecule has 0 bridgehead atoms. The zero-order valence-corrected chi connectivity index (χ0v) is 11.7. The summed E-state index contributed by atoms with van der Waals surface area (Å²) in [6, 6.07) is 0. The molecule has 3 atom stereocenters. The molecule has 4 nitrogen and oxygen atoms in total. The molecule has 1 unspecified atom stereocenters. The lowest BCUT2D eigenvalue weighted by molar-refractivity contribution is -0.145. The van der Waals surface area contributed by atoms with Crippen molar-refractivity contribution in [1.82, 2.24) is 0 Å². The number of allylic oxidation sites excluding steroid dienone is 1. The van der Waals surface area contributed by atoms with E-state index in [1.165, 1.54) is 7.11 Å². The van der Waals surface area contributed by atoms with E-state index in [2.05, 4.69) is 11.3 Å². The molecule has 0 amide bonds. The van der Waals surface area contributed by atoms with E-state index in [4.69, 9.17) is 0 Å². The topological polar surface area (TPSA) is 60.4 Å². The highest BCUT2D eigenvalue weighted by Crippen LogP contribution is 2.35. The Morgan fingerprint density at radius 1 is 1.47 bits per heavy atom. The van der Waals surface area contributed by atoms with Gasteiger partial charge in [-0.05, 0) is 24.7 Å². The predicted molar refractivity (Wildman–Crippen MR) is 71.5 cm³/mol. The number of Topliss-reactive ketones (excluding diaryl/α,β-unsaturated/α-hetero) is 2. The maximum absolute atomic E-state index is 12.1. The van der Waals surface area contributed by atoms with Crippen molar-refractivity contribution in [2.24, 2.45) is 17.8 Å². The van der Waals surface area contributed by atoms with Gasteiger partial charge in [0.05, 0.1) is 13.0 Å². The third-order valence-corrected chi connectivity index (χ3v) is 3.67. The average molecular weight is 266 g/mol. The van der Waals surface area contributed by atoms with Crippen molar-refractivity contribution in [2.45, 2.75) is 39.0 Å². The normalized spacial score (nSPS) is 26.8. The van der Waals surface area contributed by atoms with E-state index in [-0.39, 0.29) is 35.8 Å². The summed E-state index contributed by atoms with van der Waals surface area (Å²) in [5, 5.41) is 0. The molecule has 0 saturated heterocycles. The number of hydrogen-bond acceptors (Lipinski definition) is 4. The lowest BCUT2D eigenvalue weighted by Gasteiger charge is -2.32. The minimum absolute atomic E-state index is 0.0262. The summed E-state index contributed by atoms with van der Waals surface area (Å²) in [5.74, 6) is -1.05. The van der Waals surface area contributed by atoms with Crippen LogP contribution in [0.3, 0.4) is 0 Å². The maximum atomic E-state index is 12.1. The summed E-state index contributed by atoms with van der Waals surface area (Å²) >= 11 is 0. The first kappa shape index (κ1) is 15.6. The van der Waals surface area contributed by atoms with E-state index in [0.29, 0.717) is 19.3 Å². The van der Waals surface area contributed by atoms with Gasteiger partial charge in [0, 0.05) is 19.3 Å². The Labute approximate surface area is 114 Å². The SMILES string of the molecule is C=CCCC(=O)C1C(=O)C[C@H](C)C[C@H]1CC(=O)OC. The van der Waals surface area contributed by atoms with Crippen LogP contribution in [0.1, 0.15) is 39.0 Å². The minimum atomic E-state index is -0.629. The van der Waals surface area contributed by atoms with Crippen LogP contribution in [0.25, 0.3) is 0 Å². The highest BCUT2D eigenvalue weighted by atomic mass is 16.5. The van der Waals surface area contributed by atoms with Gasteiger partial charge in [0.15, 0.2) is 0 Å². The smallest absolute Gasteiger partial charge is 0.305 e. The van der Waals surface area contributed by atoms with Gasteiger partial charge in [-0.3, -0.25) is 14.4 Å². The zero-order valence-electron chi connectivity index (χ0n) is 11.7. The average Bonchev–Trinajstić information content (AvgIpc) is 2.35. The molecule has 4 heteroatoms.